The lowest BCUT2D eigenvalue weighted by atomic mass is 10.4. The molecule has 0 saturated heterocycles. The molecule has 0 aliphatic carbocycles. The molecule has 1 aliphatic rings. The molecule has 12 heavy (non-hydrogen) atoms. The first-order chi connectivity index (χ1) is 5.66. The highest BCUT2D eigenvalue weighted by Gasteiger charge is 2.23. The standard InChI is InChI=1S/C5H8N4O2S/c10-8-1-3-4(9(11)2-8)7-5(12)6-3/h10-11H,1-2H2,(H2,6,7,12). The predicted molar refractivity (Wildman–Crippen MR) is 42.3 cm³/mol. The average molecular weight is 188 g/mol. The summed E-state index contributed by atoms with van der Waals surface area (Å²) in [6, 6.07) is 0. The van der Waals surface area contributed by atoms with Gasteiger partial charge in [-0.05, 0) is 0 Å². The number of H-pyrrole nitrogens is 1. The molecule has 0 saturated carbocycles. The van der Waals surface area contributed by atoms with Gasteiger partial charge in [0.15, 0.2) is 11.0 Å². The summed E-state index contributed by atoms with van der Waals surface area (Å²) in [4.78, 5) is 6.72. The zero-order chi connectivity index (χ0) is 8.72. The Morgan fingerprint density at radius 2 is 2.25 bits per heavy atom. The van der Waals surface area contributed by atoms with Crippen molar-refractivity contribution in [3.8, 4) is 0 Å². The molecule has 3 N–H and O–H groups in total. The van der Waals surface area contributed by atoms with E-state index in [1.165, 1.54) is 0 Å². The summed E-state index contributed by atoms with van der Waals surface area (Å²) < 4.78 is 0. The van der Waals surface area contributed by atoms with Gasteiger partial charge in [-0.2, -0.15) is 5.06 Å². The second-order valence-electron chi connectivity index (χ2n) is 2.57. The molecular formula is C5H8N4O2S. The van der Waals surface area contributed by atoms with Crippen molar-refractivity contribution in [2.24, 2.45) is 0 Å². The number of hydroxylamine groups is 3. The maximum Gasteiger partial charge on any atom is 0.177 e. The van der Waals surface area contributed by atoms with Gasteiger partial charge in [0.2, 0.25) is 0 Å². The van der Waals surface area contributed by atoms with Crippen LogP contribution in [0.5, 0.6) is 0 Å². The fourth-order valence-corrected chi connectivity index (χ4v) is 1.39. The van der Waals surface area contributed by atoms with Crippen LogP contribution in [0.4, 0.5) is 5.82 Å². The van der Waals surface area contributed by atoms with E-state index in [1.807, 2.05) is 0 Å². The summed E-state index contributed by atoms with van der Waals surface area (Å²) in [5.41, 5.74) is 0.649. The van der Waals surface area contributed by atoms with E-state index >= 15 is 0 Å². The lowest BCUT2D eigenvalue weighted by molar-refractivity contribution is -0.118. The third-order valence-corrected chi connectivity index (χ3v) is 1.84. The topological polar surface area (TPSA) is 75.6 Å². The van der Waals surface area contributed by atoms with Gasteiger partial charge in [0.25, 0.3) is 0 Å². The Balaban J connectivity index is 2.40. The molecule has 2 rings (SSSR count). The Morgan fingerprint density at radius 3 is 3.00 bits per heavy atom. The Labute approximate surface area is 73.8 Å². The molecule has 0 fully saturated rings. The van der Waals surface area contributed by atoms with Crippen LogP contribution in [0.2, 0.25) is 0 Å². The fraction of sp³-hybridized carbons (Fsp3) is 0.400. The van der Waals surface area contributed by atoms with Crippen molar-refractivity contribution in [2.45, 2.75) is 11.7 Å². The Morgan fingerprint density at radius 1 is 1.50 bits per heavy atom. The van der Waals surface area contributed by atoms with E-state index < -0.39 is 0 Å². The molecule has 6 nitrogen and oxygen atoms in total. The minimum atomic E-state index is 0.0328. The number of nitrogens with one attached hydrogen (secondary N) is 1. The highest BCUT2D eigenvalue weighted by atomic mass is 32.1. The van der Waals surface area contributed by atoms with Crippen molar-refractivity contribution in [3.05, 3.63) is 5.69 Å². The molecule has 0 amide bonds. The lowest BCUT2D eigenvalue weighted by Crippen LogP contribution is -2.38. The molecule has 0 atom stereocenters. The van der Waals surface area contributed by atoms with E-state index in [2.05, 4.69) is 22.6 Å². The monoisotopic (exact) mass is 188 g/mol. The summed E-state index contributed by atoms with van der Waals surface area (Å²) in [5, 5.41) is 20.6. The minimum Gasteiger partial charge on any atom is -0.334 e. The highest BCUT2D eigenvalue weighted by molar-refractivity contribution is 7.80. The molecular weight excluding hydrogens is 180 g/mol. The summed E-state index contributed by atoms with van der Waals surface area (Å²) in [6.07, 6.45) is 0. The molecule has 2 heterocycles. The largest absolute Gasteiger partial charge is 0.334 e. The van der Waals surface area contributed by atoms with Gasteiger partial charge < -0.3 is 10.2 Å². The number of aromatic nitrogens is 2. The summed E-state index contributed by atoms with van der Waals surface area (Å²) >= 11 is 3.98. The van der Waals surface area contributed by atoms with Crippen LogP contribution in [0.1, 0.15) is 5.69 Å². The quantitative estimate of drug-likeness (QED) is 0.433. The second kappa shape index (κ2) is 2.63. The molecule has 0 bridgehead atoms. The number of hydrogen-bond donors (Lipinski definition) is 4. The van der Waals surface area contributed by atoms with Crippen molar-refractivity contribution < 1.29 is 10.4 Å². The number of thiol groups is 1. The third-order valence-electron chi connectivity index (χ3n) is 1.63. The van der Waals surface area contributed by atoms with Crippen LogP contribution in [0.25, 0.3) is 0 Å². The first-order valence-corrected chi connectivity index (χ1v) is 3.79. The van der Waals surface area contributed by atoms with Crippen LogP contribution in [0.3, 0.4) is 0 Å². The van der Waals surface area contributed by atoms with E-state index in [9.17, 15) is 5.21 Å². The minimum absolute atomic E-state index is 0.0328. The van der Waals surface area contributed by atoms with Crippen LogP contribution < -0.4 is 5.06 Å². The number of anilines is 1. The molecule has 1 aromatic heterocycles. The number of aromatic amines is 1. The van der Waals surface area contributed by atoms with Crippen LogP contribution in [0, 0.1) is 0 Å². The predicted octanol–water partition coefficient (Wildman–Crippen LogP) is 0.0563. The normalized spacial score (nSPS) is 18.1. The Hall–Kier alpha value is -0.760. The number of hydrogen-bond acceptors (Lipinski definition) is 6. The first-order valence-electron chi connectivity index (χ1n) is 3.35. The van der Waals surface area contributed by atoms with E-state index in [-0.39, 0.29) is 6.67 Å². The van der Waals surface area contributed by atoms with Gasteiger partial charge in [0.1, 0.15) is 6.67 Å². The molecule has 0 radical (unpaired) electrons. The van der Waals surface area contributed by atoms with Crippen LogP contribution in [0.15, 0.2) is 5.16 Å². The summed E-state index contributed by atoms with van der Waals surface area (Å²) in [7, 11) is 0. The summed E-state index contributed by atoms with van der Waals surface area (Å²) in [5.74, 6) is 0.422. The average Bonchev–Trinajstić information content (AvgIpc) is 2.29. The van der Waals surface area contributed by atoms with Crippen LogP contribution >= 0.6 is 12.6 Å². The van der Waals surface area contributed by atoms with Gasteiger partial charge >= 0.3 is 0 Å². The lowest BCUT2D eigenvalue weighted by Gasteiger charge is -2.26. The van der Waals surface area contributed by atoms with Gasteiger partial charge in [-0.25, -0.2) is 10.0 Å². The van der Waals surface area contributed by atoms with Crippen molar-refractivity contribution in [3.63, 3.8) is 0 Å². The van der Waals surface area contributed by atoms with E-state index in [1.54, 1.807) is 0 Å². The van der Waals surface area contributed by atoms with Gasteiger partial charge in [-0.3, -0.25) is 5.21 Å². The molecule has 1 aromatic rings. The number of fused-ring (bicyclic) bond motifs is 1. The maximum absolute atomic E-state index is 9.26. The van der Waals surface area contributed by atoms with Gasteiger partial charge in [0, 0.05) is 0 Å². The van der Waals surface area contributed by atoms with E-state index in [4.69, 9.17) is 5.21 Å². The molecule has 0 spiro atoms. The maximum atomic E-state index is 9.26. The van der Waals surface area contributed by atoms with Gasteiger partial charge in [-0.15, -0.1) is 12.6 Å². The number of nitrogens with zero attached hydrogens (tertiary/aromatic N) is 3. The Bertz CT molecular complexity index is 302. The molecule has 7 heteroatoms. The Kier molecular flexibility index (Phi) is 1.72. The smallest absolute Gasteiger partial charge is 0.177 e. The third kappa shape index (κ3) is 1.16. The van der Waals surface area contributed by atoms with Gasteiger partial charge in [0.05, 0.1) is 12.2 Å². The molecule has 66 valence electrons. The van der Waals surface area contributed by atoms with Crippen molar-refractivity contribution >= 4 is 18.4 Å². The highest BCUT2D eigenvalue weighted by Crippen LogP contribution is 2.23. The molecule has 0 unspecified atom stereocenters. The zero-order valence-electron chi connectivity index (χ0n) is 6.10. The van der Waals surface area contributed by atoms with E-state index in [0.717, 1.165) is 10.1 Å². The number of imidazole rings is 1. The summed E-state index contributed by atoms with van der Waals surface area (Å²) in [6.45, 7) is 0.352. The number of rotatable bonds is 0. The van der Waals surface area contributed by atoms with Crippen molar-refractivity contribution in [1.82, 2.24) is 15.0 Å². The molecule has 1 aliphatic heterocycles. The fourth-order valence-electron chi connectivity index (χ4n) is 1.16. The second-order valence-corrected chi connectivity index (χ2v) is 2.99. The zero-order valence-corrected chi connectivity index (χ0v) is 6.99. The SMILES string of the molecule is ON1Cc2[nH]c(S)nc2N(O)C1. The molecule has 0 aromatic carbocycles. The first kappa shape index (κ1) is 7.87. The van der Waals surface area contributed by atoms with Crippen LogP contribution in [-0.4, -0.2) is 32.1 Å². The van der Waals surface area contributed by atoms with Crippen molar-refractivity contribution in [2.75, 3.05) is 11.7 Å². The van der Waals surface area contributed by atoms with Gasteiger partial charge in [-0.1, -0.05) is 0 Å². The van der Waals surface area contributed by atoms with Crippen molar-refractivity contribution in [1.29, 1.82) is 0 Å². The van der Waals surface area contributed by atoms with Crippen LogP contribution in [-0.2, 0) is 6.54 Å². The van der Waals surface area contributed by atoms with E-state index in [0.29, 0.717) is 23.2 Å².